The van der Waals surface area contributed by atoms with E-state index in [1.165, 1.54) is 24.3 Å². The molecule has 174 valence electrons. The molecule has 0 aliphatic heterocycles. The Morgan fingerprint density at radius 2 is 0.412 bits per heavy atom. The molecule has 0 radical (unpaired) electrons. The van der Waals surface area contributed by atoms with Crippen LogP contribution in [0.1, 0.15) is 0 Å². The molecule has 0 aliphatic carbocycles. The Hall–Kier alpha value is -3.82. The topological polar surface area (TPSA) is 0 Å². The summed E-state index contributed by atoms with van der Waals surface area (Å²) in [4.78, 5) is 0. The van der Waals surface area contributed by atoms with Crippen LogP contribution in [0.3, 0.4) is 0 Å². The smallest absolute Gasteiger partial charge is 0.200 e. The van der Waals surface area contributed by atoms with Crippen LogP contribution in [0.5, 0.6) is 0 Å². The minimum atomic E-state index is -2.29. The average Bonchev–Trinajstić information content (AvgIpc) is 2.85. The van der Waals surface area contributed by atoms with E-state index in [1.54, 1.807) is 0 Å². The van der Waals surface area contributed by atoms with E-state index >= 15 is 0 Å². The lowest BCUT2D eigenvalue weighted by Gasteiger charge is -2.11. The lowest BCUT2D eigenvalue weighted by atomic mass is 9.97. The second kappa shape index (κ2) is 8.51. The zero-order valence-electron chi connectivity index (χ0n) is 16.4. The van der Waals surface area contributed by atoms with Gasteiger partial charge in [-0.25, -0.2) is 43.9 Å². The Morgan fingerprint density at radius 1 is 0.235 bits per heavy atom. The molecule has 0 spiro atoms. The third kappa shape index (κ3) is 3.59. The summed E-state index contributed by atoms with van der Waals surface area (Å²) < 4.78 is 136. The van der Waals surface area contributed by atoms with Gasteiger partial charge in [0.25, 0.3) is 0 Å². The van der Waals surface area contributed by atoms with E-state index in [-0.39, 0.29) is 11.1 Å². The normalized spacial score (nSPS) is 11.2. The molecule has 0 N–H and O–H groups in total. The number of hydrogen-bond acceptors (Lipinski definition) is 0. The van der Waals surface area contributed by atoms with Crippen LogP contribution in [-0.4, -0.2) is 0 Å². The first-order valence-electron chi connectivity index (χ1n) is 9.28. The first-order chi connectivity index (χ1) is 16.0. The molecule has 0 bridgehead atoms. The molecule has 10 heteroatoms. The van der Waals surface area contributed by atoms with Crippen molar-refractivity contribution in [3.05, 3.63) is 107 Å². The molecule has 0 saturated heterocycles. The summed E-state index contributed by atoms with van der Waals surface area (Å²) in [7, 11) is 0. The third-order valence-corrected chi connectivity index (χ3v) is 5.10. The molecule has 0 saturated carbocycles. The number of hydrogen-bond donors (Lipinski definition) is 0. The van der Waals surface area contributed by atoms with Gasteiger partial charge in [0.1, 0.15) is 0 Å². The fraction of sp³-hybridized carbons (Fsp3) is 0. The molecule has 4 rings (SSSR count). The fourth-order valence-corrected chi connectivity index (χ4v) is 3.38. The van der Waals surface area contributed by atoms with Gasteiger partial charge >= 0.3 is 0 Å². The SMILES string of the molecule is Fc1c(F)c(F)c(-c2ccc(-c3ccc(-c4c(F)c(F)c(F)c(F)c4F)cc3)cc2)c(F)c1F. The zero-order chi connectivity index (χ0) is 24.9. The molecule has 0 unspecified atom stereocenters. The third-order valence-electron chi connectivity index (χ3n) is 5.10. The van der Waals surface area contributed by atoms with Gasteiger partial charge in [-0.05, 0) is 22.3 Å². The number of benzene rings is 4. The summed E-state index contributed by atoms with van der Waals surface area (Å²) in [6.45, 7) is 0. The van der Waals surface area contributed by atoms with Crippen molar-refractivity contribution in [1.29, 1.82) is 0 Å². The minimum absolute atomic E-state index is 0.311. The Kier molecular flexibility index (Phi) is 5.84. The van der Waals surface area contributed by atoms with Gasteiger partial charge in [-0.2, -0.15) is 0 Å². The van der Waals surface area contributed by atoms with E-state index in [0.29, 0.717) is 11.1 Å². The van der Waals surface area contributed by atoms with Crippen LogP contribution in [0.2, 0.25) is 0 Å². The van der Waals surface area contributed by atoms with Crippen molar-refractivity contribution in [2.45, 2.75) is 0 Å². The molecule has 34 heavy (non-hydrogen) atoms. The molecule has 0 aromatic heterocycles. The molecule has 0 fully saturated rings. The summed E-state index contributed by atoms with van der Waals surface area (Å²) in [5.41, 5.74) is -2.15. The monoisotopic (exact) mass is 486 g/mol. The van der Waals surface area contributed by atoms with Crippen molar-refractivity contribution < 1.29 is 43.9 Å². The fourth-order valence-electron chi connectivity index (χ4n) is 3.38. The van der Waals surface area contributed by atoms with Gasteiger partial charge in [-0.1, -0.05) is 48.5 Å². The van der Waals surface area contributed by atoms with Crippen molar-refractivity contribution in [3.8, 4) is 33.4 Å². The van der Waals surface area contributed by atoms with Crippen molar-refractivity contribution in [1.82, 2.24) is 0 Å². The van der Waals surface area contributed by atoms with Crippen molar-refractivity contribution >= 4 is 0 Å². The summed E-state index contributed by atoms with van der Waals surface area (Å²) in [5, 5.41) is 0. The highest BCUT2D eigenvalue weighted by atomic mass is 19.2. The molecule has 0 atom stereocenters. The second-order valence-corrected chi connectivity index (χ2v) is 7.04. The lowest BCUT2D eigenvalue weighted by Crippen LogP contribution is -2.04. The Labute approximate surface area is 184 Å². The van der Waals surface area contributed by atoms with Gasteiger partial charge in [0.2, 0.25) is 11.6 Å². The minimum Gasteiger partial charge on any atom is -0.203 e. The molecule has 0 aliphatic rings. The maximum absolute atomic E-state index is 14.0. The van der Waals surface area contributed by atoms with Gasteiger partial charge in [-0.3, -0.25) is 0 Å². The van der Waals surface area contributed by atoms with Gasteiger partial charge in [0.15, 0.2) is 46.5 Å². The summed E-state index contributed by atoms with van der Waals surface area (Å²) in [5.74, 6) is -21.0. The largest absolute Gasteiger partial charge is 0.203 e. The van der Waals surface area contributed by atoms with Crippen LogP contribution < -0.4 is 0 Å². The van der Waals surface area contributed by atoms with E-state index in [9.17, 15) is 43.9 Å². The van der Waals surface area contributed by atoms with Crippen LogP contribution >= 0.6 is 0 Å². The molecule has 4 aromatic carbocycles. The van der Waals surface area contributed by atoms with Gasteiger partial charge in [-0.15, -0.1) is 0 Å². The quantitative estimate of drug-likeness (QED) is 0.156. The molecule has 4 aromatic rings. The highest BCUT2D eigenvalue weighted by Crippen LogP contribution is 2.35. The molecule has 0 nitrogen and oxygen atoms in total. The van der Waals surface area contributed by atoms with Crippen LogP contribution in [0.15, 0.2) is 48.5 Å². The second-order valence-electron chi connectivity index (χ2n) is 7.04. The average molecular weight is 486 g/mol. The van der Waals surface area contributed by atoms with E-state index in [0.717, 1.165) is 24.3 Å². The molecule has 0 amide bonds. The van der Waals surface area contributed by atoms with Crippen LogP contribution in [-0.2, 0) is 0 Å². The summed E-state index contributed by atoms with van der Waals surface area (Å²) in [6, 6.07) is 9.47. The summed E-state index contributed by atoms with van der Waals surface area (Å²) >= 11 is 0. The Morgan fingerprint density at radius 3 is 0.647 bits per heavy atom. The number of halogens is 10. The first-order valence-corrected chi connectivity index (χ1v) is 9.28. The first kappa shape index (κ1) is 23.3. The predicted molar refractivity (Wildman–Crippen MR) is 102 cm³/mol. The van der Waals surface area contributed by atoms with Gasteiger partial charge < -0.3 is 0 Å². The van der Waals surface area contributed by atoms with Crippen LogP contribution in [0.4, 0.5) is 43.9 Å². The van der Waals surface area contributed by atoms with Crippen molar-refractivity contribution in [2.75, 3.05) is 0 Å². The van der Waals surface area contributed by atoms with Gasteiger partial charge in [0, 0.05) is 0 Å². The predicted octanol–water partition coefficient (Wildman–Crippen LogP) is 8.08. The maximum Gasteiger partial charge on any atom is 0.200 e. The highest BCUT2D eigenvalue weighted by molar-refractivity contribution is 5.74. The highest BCUT2D eigenvalue weighted by Gasteiger charge is 2.27. The standard InChI is InChI=1S/C24H8F10/c25-15-13(16(26)20(30)23(33)19(15)29)11-5-1-9(2-6-11)10-3-7-12(8-4-10)14-17(27)21(31)24(34)22(32)18(14)28/h1-8H. The lowest BCUT2D eigenvalue weighted by molar-refractivity contribution is 0.381. The van der Waals surface area contributed by atoms with E-state index in [2.05, 4.69) is 0 Å². The molecule has 0 heterocycles. The van der Waals surface area contributed by atoms with Crippen LogP contribution in [0, 0.1) is 58.2 Å². The van der Waals surface area contributed by atoms with Crippen LogP contribution in [0.25, 0.3) is 33.4 Å². The Bertz CT molecular complexity index is 1260. The number of rotatable bonds is 3. The Balaban J connectivity index is 1.71. The van der Waals surface area contributed by atoms with E-state index < -0.39 is 69.3 Å². The van der Waals surface area contributed by atoms with Crippen molar-refractivity contribution in [2.24, 2.45) is 0 Å². The van der Waals surface area contributed by atoms with E-state index in [1.807, 2.05) is 0 Å². The maximum atomic E-state index is 14.0. The molecular formula is C24H8F10. The zero-order valence-corrected chi connectivity index (χ0v) is 16.4. The van der Waals surface area contributed by atoms with Crippen molar-refractivity contribution in [3.63, 3.8) is 0 Å². The van der Waals surface area contributed by atoms with E-state index in [4.69, 9.17) is 0 Å². The van der Waals surface area contributed by atoms with Gasteiger partial charge in [0.05, 0.1) is 11.1 Å². The summed E-state index contributed by atoms with van der Waals surface area (Å²) in [6.07, 6.45) is 0. The molecular weight excluding hydrogens is 478 g/mol.